The van der Waals surface area contributed by atoms with Crippen LogP contribution in [0.25, 0.3) is 65.3 Å². The summed E-state index contributed by atoms with van der Waals surface area (Å²) in [6, 6.07) is 58.8. The quantitative estimate of drug-likeness (QED) is 0.141. The molecule has 11 rings (SSSR count). The van der Waals surface area contributed by atoms with Gasteiger partial charge in [0.25, 0.3) is 6.71 Å². The van der Waals surface area contributed by atoms with E-state index in [9.17, 15) is 0 Å². The minimum Gasteiger partial charge on any atom is -0.458 e. The second-order valence-electron chi connectivity index (χ2n) is 13.1. The monoisotopic (exact) mass is 622 g/mol. The first-order chi connectivity index (χ1) is 24.3. The molecular weight excluding hydrogens is 595 g/mol. The van der Waals surface area contributed by atoms with Crippen molar-refractivity contribution in [1.82, 2.24) is 0 Å². The highest BCUT2D eigenvalue weighted by Crippen LogP contribution is 2.46. The van der Waals surface area contributed by atoms with Gasteiger partial charge in [-0.15, -0.1) is 0 Å². The Bertz CT molecular complexity index is 2670. The van der Waals surface area contributed by atoms with E-state index in [1.165, 1.54) is 70.7 Å². The predicted octanol–water partition coefficient (Wildman–Crippen LogP) is 10.4. The second kappa shape index (κ2) is 10.1. The molecule has 3 heteroatoms. The van der Waals surface area contributed by atoms with Crippen molar-refractivity contribution in [3.63, 3.8) is 0 Å². The van der Waals surface area contributed by atoms with Crippen LogP contribution in [0.1, 0.15) is 0 Å². The molecule has 9 aromatic carbocycles. The Labute approximate surface area is 283 Å². The number of fused-ring (bicyclic) bond motifs is 10. The molecule has 0 unspecified atom stereocenters. The third-order valence-electron chi connectivity index (χ3n) is 10.6. The highest BCUT2D eigenvalue weighted by molar-refractivity contribution is 7.00. The fraction of sp³-hybridized carbons (Fsp3) is 0. The lowest BCUT2D eigenvalue weighted by Crippen LogP contribution is -2.57. The molecule has 2 aliphatic rings. The third kappa shape index (κ3) is 3.79. The zero-order valence-corrected chi connectivity index (χ0v) is 26.5. The van der Waals surface area contributed by atoms with Crippen LogP contribution in [0.5, 0.6) is 23.0 Å². The highest BCUT2D eigenvalue weighted by Gasteiger charge is 2.42. The Morgan fingerprint density at radius 3 is 1.20 bits per heavy atom. The maximum absolute atomic E-state index is 6.96. The van der Waals surface area contributed by atoms with E-state index in [0.29, 0.717) is 0 Å². The van der Waals surface area contributed by atoms with Crippen molar-refractivity contribution < 1.29 is 9.47 Å². The molecule has 0 saturated carbocycles. The second-order valence-corrected chi connectivity index (χ2v) is 13.1. The summed E-state index contributed by atoms with van der Waals surface area (Å²) in [6.07, 6.45) is 0. The summed E-state index contributed by atoms with van der Waals surface area (Å²) in [5, 5.41) is 9.68. The molecule has 0 radical (unpaired) electrons. The van der Waals surface area contributed by atoms with E-state index in [1.54, 1.807) is 0 Å². The predicted molar refractivity (Wildman–Crippen MR) is 205 cm³/mol. The van der Waals surface area contributed by atoms with E-state index in [2.05, 4.69) is 164 Å². The van der Waals surface area contributed by atoms with Gasteiger partial charge in [-0.3, -0.25) is 0 Å². The fourth-order valence-corrected chi connectivity index (χ4v) is 8.55. The molecule has 0 aliphatic carbocycles. The standard InChI is InChI=1S/C46H27BO2/c1-2-14-30(15-3-1)42-34-18-8-10-20-36(34)43(37-21-11-9-19-35(37)42)31-26-40-46-41(27-31)49-39-25-23-29-13-5-7-17-33(29)45(39)47(46)44-32-16-6-4-12-28(32)22-24-38(44)48-40/h1-27H. The molecule has 0 spiro atoms. The number of hydrogen-bond donors (Lipinski definition) is 0. The van der Waals surface area contributed by atoms with Crippen LogP contribution in [0.15, 0.2) is 164 Å². The van der Waals surface area contributed by atoms with Gasteiger partial charge >= 0.3 is 0 Å². The van der Waals surface area contributed by atoms with Crippen LogP contribution in [0.4, 0.5) is 0 Å². The number of hydrogen-bond acceptors (Lipinski definition) is 2. The first-order valence-electron chi connectivity index (χ1n) is 16.9. The van der Waals surface area contributed by atoms with Crippen molar-refractivity contribution >= 4 is 66.2 Å². The SMILES string of the molecule is c1ccc(-c2c3ccccc3c(-c3cc4c5c(c3)Oc3ccc6ccccc6c3B5c3c(ccc5ccccc35)O4)c3ccccc23)cc1. The lowest BCUT2D eigenvalue weighted by Gasteiger charge is -2.35. The van der Waals surface area contributed by atoms with Crippen LogP contribution in [0, 0.1) is 0 Å². The summed E-state index contributed by atoms with van der Waals surface area (Å²) in [5.74, 6) is 3.49. The summed E-state index contributed by atoms with van der Waals surface area (Å²) in [6.45, 7) is -0.0438. The normalized spacial score (nSPS) is 12.8. The Morgan fingerprint density at radius 1 is 0.306 bits per heavy atom. The van der Waals surface area contributed by atoms with Crippen LogP contribution < -0.4 is 25.9 Å². The molecule has 2 heterocycles. The van der Waals surface area contributed by atoms with Crippen molar-refractivity contribution in [2.45, 2.75) is 0 Å². The van der Waals surface area contributed by atoms with E-state index < -0.39 is 0 Å². The maximum Gasteiger partial charge on any atom is 0.262 e. The summed E-state index contributed by atoms with van der Waals surface area (Å²) in [7, 11) is 0. The Morgan fingerprint density at radius 2 is 0.714 bits per heavy atom. The van der Waals surface area contributed by atoms with E-state index in [0.717, 1.165) is 34.0 Å². The fourth-order valence-electron chi connectivity index (χ4n) is 8.55. The molecule has 0 amide bonds. The largest absolute Gasteiger partial charge is 0.458 e. The molecule has 49 heavy (non-hydrogen) atoms. The van der Waals surface area contributed by atoms with Gasteiger partial charge < -0.3 is 9.47 Å². The minimum absolute atomic E-state index is 0.0438. The molecule has 9 aromatic rings. The van der Waals surface area contributed by atoms with Crippen LogP contribution in [0.3, 0.4) is 0 Å². The molecule has 0 bridgehead atoms. The molecule has 0 aromatic heterocycles. The van der Waals surface area contributed by atoms with Gasteiger partial charge in [-0.1, -0.05) is 140 Å². The Balaban J connectivity index is 1.23. The first-order valence-corrected chi connectivity index (χ1v) is 16.9. The lowest BCUT2D eigenvalue weighted by molar-refractivity contribution is 0.465. The Kier molecular flexibility index (Phi) is 5.50. The molecule has 226 valence electrons. The summed E-state index contributed by atoms with van der Waals surface area (Å²) in [5.41, 5.74) is 8.21. The smallest absolute Gasteiger partial charge is 0.262 e. The van der Waals surface area contributed by atoms with Crippen LogP contribution >= 0.6 is 0 Å². The lowest BCUT2D eigenvalue weighted by atomic mass is 9.33. The van der Waals surface area contributed by atoms with Gasteiger partial charge in [-0.05, 0) is 101 Å². The van der Waals surface area contributed by atoms with Gasteiger partial charge in [-0.25, -0.2) is 0 Å². The van der Waals surface area contributed by atoms with Gasteiger partial charge in [0.2, 0.25) is 0 Å². The average molecular weight is 623 g/mol. The van der Waals surface area contributed by atoms with Gasteiger partial charge in [0, 0.05) is 5.46 Å². The number of benzene rings is 9. The van der Waals surface area contributed by atoms with Crippen LogP contribution in [0.2, 0.25) is 0 Å². The highest BCUT2D eigenvalue weighted by atomic mass is 16.5. The summed E-state index contributed by atoms with van der Waals surface area (Å²) in [4.78, 5) is 0. The van der Waals surface area contributed by atoms with Gasteiger partial charge in [0.05, 0.1) is 0 Å². The first kappa shape index (κ1) is 26.7. The summed E-state index contributed by atoms with van der Waals surface area (Å²) >= 11 is 0. The third-order valence-corrected chi connectivity index (χ3v) is 10.6. The molecule has 0 saturated heterocycles. The molecule has 0 atom stereocenters. The number of ether oxygens (including phenoxy) is 2. The van der Waals surface area contributed by atoms with E-state index >= 15 is 0 Å². The van der Waals surface area contributed by atoms with Crippen molar-refractivity contribution in [1.29, 1.82) is 0 Å². The van der Waals surface area contributed by atoms with Crippen molar-refractivity contribution in [3.8, 4) is 45.3 Å². The molecule has 2 nitrogen and oxygen atoms in total. The summed E-state index contributed by atoms with van der Waals surface area (Å²) < 4.78 is 13.9. The van der Waals surface area contributed by atoms with Crippen molar-refractivity contribution in [2.24, 2.45) is 0 Å². The zero-order valence-electron chi connectivity index (χ0n) is 26.5. The van der Waals surface area contributed by atoms with Crippen molar-refractivity contribution in [2.75, 3.05) is 0 Å². The minimum atomic E-state index is -0.0438. The van der Waals surface area contributed by atoms with E-state index in [1.807, 2.05) is 0 Å². The van der Waals surface area contributed by atoms with E-state index in [4.69, 9.17) is 9.47 Å². The topological polar surface area (TPSA) is 18.5 Å². The molecule has 0 N–H and O–H groups in total. The maximum atomic E-state index is 6.96. The Hall–Kier alpha value is -6.32. The van der Waals surface area contributed by atoms with Gasteiger partial charge in [0.1, 0.15) is 23.0 Å². The van der Waals surface area contributed by atoms with Crippen molar-refractivity contribution in [3.05, 3.63) is 164 Å². The zero-order chi connectivity index (χ0) is 32.1. The van der Waals surface area contributed by atoms with E-state index in [-0.39, 0.29) is 6.71 Å². The molecular formula is C46H27BO2. The number of rotatable bonds is 2. The van der Waals surface area contributed by atoms with Gasteiger partial charge in [-0.2, -0.15) is 0 Å². The van der Waals surface area contributed by atoms with Crippen LogP contribution in [-0.2, 0) is 0 Å². The van der Waals surface area contributed by atoms with Gasteiger partial charge in [0.15, 0.2) is 0 Å². The average Bonchev–Trinajstić information content (AvgIpc) is 3.16. The van der Waals surface area contributed by atoms with Crippen LogP contribution in [-0.4, -0.2) is 6.71 Å². The molecule has 0 fully saturated rings. The molecule has 2 aliphatic heterocycles.